The number of rotatable bonds is 6. The molecule has 0 radical (unpaired) electrons. The monoisotopic (exact) mass is 527 g/mol. The largest absolute Gasteiger partial charge is 0.355 e. The lowest BCUT2D eigenvalue weighted by Gasteiger charge is -2.48. The van der Waals surface area contributed by atoms with Crippen molar-refractivity contribution in [3.8, 4) is 0 Å². The normalized spacial score (nSPS) is 25.8. The minimum Gasteiger partial charge on any atom is -0.355 e. The molecular formula is C19H38IN5O2S. The van der Waals surface area contributed by atoms with Crippen LogP contribution in [0.5, 0.6) is 0 Å². The first kappa shape index (κ1) is 24.1. The summed E-state index contributed by atoms with van der Waals surface area (Å²) in [5, 5.41) is 6.86. The first-order valence-corrected chi connectivity index (χ1v) is 12.3. The summed E-state index contributed by atoms with van der Waals surface area (Å²) in [5.74, 6) is 1.08. The molecule has 164 valence electrons. The van der Waals surface area contributed by atoms with Gasteiger partial charge in [-0.2, -0.15) is 0 Å². The minimum atomic E-state index is -3.02. The number of nitrogens with one attached hydrogen (secondary N) is 2. The van der Waals surface area contributed by atoms with Gasteiger partial charge in [-0.1, -0.05) is 25.7 Å². The number of likely N-dealkylation sites (tertiary alicyclic amines) is 1. The third-order valence-electron chi connectivity index (χ3n) is 6.48. The van der Waals surface area contributed by atoms with Crippen LogP contribution >= 0.6 is 24.0 Å². The van der Waals surface area contributed by atoms with Gasteiger partial charge < -0.3 is 10.6 Å². The first-order valence-electron chi connectivity index (χ1n) is 10.7. The Labute approximate surface area is 188 Å². The Kier molecular flexibility index (Phi) is 9.75. The van der Waals surface area contributed by atoms with E-state index in [1.807, 2.05) is 0 Å². The van der Waals surface area contributed by atoms with Gasteiger partial charge in [-0.3, -0.25) is 9.89 Å². The zero-order valence-corrected chi connectivity index (χ0v) is 20.4. The number of piperidine rings is 1. The molecule has 0 spiro atoms. The van der Waals surface area contributed by atoms with Crippen LogP contribution in [0.15, 0.2) is 4.99 Å². The fourth-order valence-electron chi connectivity index (χ4n) is 4.89. The molecule has 28 heavy (non-hydrogen) atoms. The summed E-state index contributed by atoms with van der Waals surface area (Å²) in [6.45, 7) is 5.12. The van der Waals surface area contributed by atoms with Crippen molar-refractivity contribution in [3.05, 3.63) is 0 Å². The van der Waals surface area contributed by atoms with Crippen LogP contribution in [0.1, 0.15) is 57.8 Å². The SMILES string of the molecule is CN=C(NCCN1CCCS1(=O)=O)NCC1(N2CCCCC2)CCCCC1.I. The Morgan fingerprint density at radius 1 is 0.964 bits per heavy atom. The molecule has 3 rings (SSSR count). The second kappa shape index (κ2) is 11.3. The maximum Gasteiger partial charge on any atom is 0.214 e. The molecule has 1 aliphatic carbocycles. The van der Waals surface area contributed by atoms with Crippen molar-refractivity contribution < 1.29 is 8.42 Å². The molecule has 2 N–H and O–H groups in total. The first-order chi connectivity index (χ1) is 13.1. The molecule has 9 heteroatoms. The van der Waals surface area contributed by atoms with E-state index in [0.717, 1.165) is 18.9 Å². The average molecular weight is 528 g/mol. The summed E-state index contributed by atoms with van der Waals surface area (Å²) < 4.78 is 25.4. The number of hydrogen-bond donors (Lipinski definition) is 2. The molecule has 0 aromatic carbocycles. The van der Waals surface area contributed by atoms with Gasteiger partial charge in [-0.25, -0.2) is 12.7 Å². The molecule has 0 aromatic rings. The van der Waals surface area contributed by atoms with E-state index >= 15 is 0 Å². The van der Waals surface area contributed by atoms with Gasteiger partial charge in [-0.15, -0.1) is 24.0 Å². The fourth-order valence-corrected chi connectivity index (χ4v) is 6.42. The fraction of sp³-hybridized carbons (Fsp3) is 0.947. The Hall–Kier alpha value is -0.130. The zero-order chi connectivity index (χ0) is 19.2. The van der Waals surface area contributed by atoms with E-state index in [4.69, 9.17) is 0 Å². The second-order valence-electron chi connectivity index (χ2n) is 8.25. The van der Waals surface area contributed by atoms with Crippen LogP contribution in [0.3, 0.4) is 0 Å². The lowest BCUT2D eigenvalue weighted by atomic mass is 9.79. The number of halogens is 1. The minimum absolute atomic E-state index is 0. The van der Waals surface area contributed by atoms with Crippen LogP contribution in [0.2, 0.25) is 0 Å². The Morgan fingerprint density at radius 2 is 1.64 bits per heavy atom. The van der Waals surface area contributed by atoms with E-state index in [-0.39, 0.29) is 29.5 Å². The molecule has 1 saturated carbocycles. The molecule has 7 nitrogen and oxygen atoms in total. The maximum atomic E-state index is 11.9. The maximum absolute atomic E-state index is 11.9. The molecule has 3 fully saturated rings. The Bertz CT molecular complexity index is 601. The highest BCUT2D eigenvalue weighted by molar-refractivity contribution is 14.0. The molecule has 0 amide bonds. The van der Waals surface area contributed by atoms with Gasteiger partial charge in [0, 0.05) is 38.8 Å². The summed E-state index contributed by atoms with van der Waals surface area (Å²) in [7, 11) is -1.23. The van der Waals surface area contributed by atoms with Crippen molar-refractivity contribution in [1.29, 1.82) is 0 Å². The second-order valence-corrected chi connectivity index (χ2v) is 10.3. The molecule has 3 aliphatic rings. The topological polar surface area (TPSA) is 77.0 Å². The quantitative estimate of drug-likeness (QED) is 0.314. The van der Waals surface area contributed by atoms with Gasteiger partial charge in [-0.05, 0) is 45.2 Å². The van der Waals surface area contributed by atoms with Crippen LogP contribution in [-0.2, 0) is 10.0 Å². The highest BCUT2D eigenvalue weighted by Gasteiger charge is 2.38. The van der Waals surface area contributed by atoms with E-state index < -0.39 is 10.0 Å². The summed E-state index contributed by atoms with van der Waals surface area (Å²) >= 11 is 0. The van der Waals surface area contributed by atoms with Crippen molar-refractivity contribution in [2.24, 2.45) is 4.99 Å². The summed E-state index contributed by atoms with van der Waals surface area (Å²) in [5.41, 5.74) is 0.259. The smallest absolute Gasteiger partial charge is 0.214 e. The van der Waals surface area contributed by atoms with E-state index in [2.05, 4.69) is 20.5 Å². The molecular weight excluding hydrogens is 489 g/mol. The number of hydrogen-bond acceptors (Lipinski definition) is 4. The lowest BCUT2D eigenvalue weighted by molar-refractivity contribution is 0.0368. The highest BCUT2D eigenvalue weighted by atomic mass is 127. The molecule has 2 saturated heterocycles. The van der Waals surface area contributed by atoms with Crippen LogP contribution < -0.4 is 10.6 Å². The van der Waals surface area contributed by atoms with Gasteiger partial charge in [0.25, 0.3) is 0 Å². The summed E-state index contributed by atoms with van der Waals surface area (Å²) in [6, 6.07) is 0. The van der Waals surface area contributed by atoms with E-state index in [1.54, 1.807) is 11.4 Å². The average Bonchev–Trinajstić information content (AvgIpc) is 3.04. The third kappa shape index (κ3) is 6.18. The standard InChI is InChI=1S/C19H37N5O2S.HI/c1-20-18(21-11-15-24-14-8-16-27(24,25)26)22-17-19(9-4-2-5-10-19)23-12-6-3-7-13-23;/h2-17H2,1H3,(H2,20,21,22);1H. The third-order valence-corrected chi connectivity index (χ3v) is 8.43. The lowest BCUT2D eigenvalue weighted by Crippen LogP contribution is -2.59. The molecule has 2 aliphatic heterocycles. The van der Waals surface area contributed by atoms with Crippen molar-refractivity contribution >= 4 is 40.0 Å². The van der Waals surface area contributed by atoms with E-state index in [1.165, 1.54) is 64.5 Å². The van der Waals surface area contributed by atoms with Gasteiger partial charge in [0.1, 0.15) is 0 Å². The summed E-state index contributed by atoms with van der Waals surface area (Å²) in [6.07, 6.45) is 11.3. The number of sulfonamides is 1. The van der Waals surface area contributed by atoms with Gasteiger partial charge in [0.2, 0.25) is 10.0 Å². The van der Waals surface area contributed by atoms with Crippen LogP contribution in [0, 0.1) is 0 Å². The molecule has 0 unspecified atom stereocenters. The van der Waals surface area contributed by atoms with Crippen molar-refractivity contribution in [2.75, 3.05) is 52.1 Å². The van der Waals surface area contributed by atoms with Gasteiger partial charge in [0.15, 0.2) is 5.96 Å². The number of guanidine groups is 1. The van der Waals surface area contributed by atoms with Crippen molar-refractivity contribution in [3.63, 3.8) is 0 Å². The van der Waals surface area contributed by atoms with Crippen molar-refractivity contribution in [1.82, 2.24) is 19.8 Å². The predicted molar refractivity (Wildman–Crippen MR) is 126 cm³/mol. The van der Waals surface area contributed by atoms with Crippen LogP contribution in [0.25, 0.3) is 0 Å². The van der Waals surface area contributed by atoms with E-state index in [0.29, 0.717) is 25.4 Å². The zero-order valence-electron chi connectivity index (χ0n) is 17.3. The van der Waals surface area contributed by atoms with E-state index in [9.17, 15) is 8.42 Å². The number of nitrogens with zero attached hydrogens (tertiary/aromatic N) is 3. The van der Waals surface area contributed by atoms with Crippen LogP contribution in [0.4, 0.5) is 0 Å². The summed E-state index contributed by atoms with van der Waals surface area (Å²) in [4.78, 5) is 7.09. The molecule has 0 atom stereocenters. The van der Waals surface area contributed by atoms with Gasteiger partial charge >= 0.3 is 0 Å². The Balaban J connectivity index is 0.00000280. The van der Waals surface area contributed by atoms with Gasteiger partial charge in [0.05, 0.1) is 5.75 Å². The van der Waals surface area contributed by atoms with Crippen molar-refractivity contribution in [2.45, 2.75) is 63.3 Å². The molecule has 0 aromatic heterocycles. The molecule has 0 bridgehead atoms. The van der Waals surface area contributed by atoms with Crippen LogP contribution in [-0.4, -0.2) is 81.2 Å². The predicted octanol–water partition coefficient (Wildman–Crippen LogP) is 1.99. The highest BCUT2D eigenvalue weighted by Crippen LogP contribution is 2.35. The number of aliphatic imine (C=N–C) groups is 1. The Morgan fingerprint density at radius 3 is 2.25 bits per heavy atom. The molecule has 2 heterocycles.